The molecule has 0 radical (unpaired) electrons. The summed E-state index contributed by atoms with van der Waals surface area (Å²) in [5.41, 5.74) is 0. The third-order valence-electron chi connectivity index (χ3n) is 2.55. The molecule has 2 nitrogen and oxygen atoms in total. The first-order valence-corrected chi connectivity index (χ1v) is 5.37. The van der Waals surface area contributed by atoms with Gasteiger partial charge in [-0.2, -0.15) is 0 Å². The molecule has 0 saturated carbocycles. The highest BCUT2D eigenvalue weighted by atomic mass is 16.5. The number of hydrogen-bond acceptors (Lipinski definition) is 2. The molecule has 0 aromatic heterocycles. The fourth-order valence-electron chi connectivity index (χ4n) is 1.67. The van der Waals surface area contributed by atoms with E-state index in [2.05, 4.69) is 12.2 Å². The van der Waals surface area contributed by atoms with Crippen LogP contribution in [0, 0.1) is 0 Å². The van der Waals surface area contributed by atoms with Gasteiger partial charge in [0, 0.05) is 12.8 Å². The maximum absolute atomic E-state index is 5.76. The summed E-state index contributed by atoms with van der Waals surface area (Å²) < 4.78 is 10.9. The highest BCUT2D eigenvalue weighted by Crippen LogP contribution is 2.23. The van der Waals surface area contributed by atoms with Crippen molar-refractivity contribution in [2.24, 2.45) is 0 Å². The van der Waals surface area contributed by atoms with Crippen LogP contribution < -0.4 is 0 Å². The zero-order valence-corrected chi connectivity index (χ0v) is 9.03. The molecule has 2 heteroatoms. The Morgan fingerprint density at radius 1 is 1.07 bits per heavy atom. The Morgan fingerprint density at radius 2 is 1.87 bits per heavy atom. The molecule has 0 heterocycles. The molecule has 2 aliphatic carbocycles. The van der Waals surface area contributed by atoms with Crippen LogP contribution in [0.1, 0.15) is 25.7 Å². The summed E-state index contributed by atoms with van der Waals surface area (Å²) in [5, 5.41) is 0. The van der Waals surface area contributed by atoms with Gasteiger partial charge in [-0.05, 0) is 37.1 Å². The van der Waals surface area contributed by atoms with E-state index in [-0.39, 0.29) is 0 Å². The van der Waals surface area contributed by atoms with Crippen molar-refractivity contribution in [2.45, 2.75) is 25.7 Å². The van der Waals surface area contributed by atoms with Crippen molar-refractivity contribution in [2.75, 3.05) is 7.11 Å². The fraction of sp³-hybridized carbons (Fsp3) is 0.385. The monoisotopic (exact) mass is 204 g/mol. The maximum atomic E-state index is 5.76. The first kappa shape index (κ1) is 10.1. The molecule has 0 amide bonds. The predicted molar refractivity (Wildman–Crippen MR) is 60.0 cm³/mol. The Bertz CT molecular complexity index is 346. The van der Waals surface area contributed by atoms with Crippen molar-refractivity contribution in [1.82, 2.24) is 0 Å². The first-order valence-electron chi connectivity index (χ1n) is 5.37. The van der Waals surface area contributed by atoms with Gasteiger partial charge in [-0.1, -0.05) is 6.08 Å². The molecule has 0 bridgehead atoms. The molecule has 0 aromatic carbocycles. The predicted octanol–water partition coefficient (Wildman–Crippen LogP) is 3.44. The van der Waals surface area contributed by atoms with E-state index in [4.69, 9.17) is 9.47 Å². The second-order valence-corrected chi connectivity index (χ2v) is 3.66. The topological polar surface area (TPSA) is 18.5 Å². The van der Waals surface area contributed by atoms with Crippen molar-refractivity contribution in [3.05, 3.63) is 47.7 Å². The normalized spacial score (nSPS) is 20.2. The molecule has 0 aliphatic heterocycles. The lowest BCUT2D eigenvalue weighted by Gasteiger charge is -2.16. The lowest BCUT2D eigenvalue weighted by atomic mass is 10.1. The standard InChI is InChI=1S/C13H16O2/c1-14-11-7-9-13(10-8-11)15-12-5-3-2-4-6-12/h3,5-7,9H,2,4,8,10H2,1H3. The Morgan fingerprint density at radius 3 is 2.47 bits per heavy atom. The lowest BCUT2D eigenvalue weighted by molar-refractivity contribution is 0.253. The summed E-state index contributed by atoms with van der Waals surface area (Å²) in [5.74, 6) is 3.02. The number of methoxy groups -OCH3 is 1. The Kier molecular flexibility index (Phi) is 3.28. The number of rotatable bonds is 3. The van der Waals surface area contributed by atoms with Crippen LogP contribution >= 0.6 is 0 Å². The lowest BCUT2D eigenvalue weighted by Crippen LogP contribution is -1.99. The van der Waals surface area contributed by atoms with E-state index in [9.17, 15) is 0 Å². The fourth-order valence-corrected chi connectivity index (χ4v) is 1.67. The van der Waals surface area contributed by atoms with Gasteiger partial charge < -0.3 is 9.47 Å². The molecule has 2 aliphatic rings. The summed E-state index contributed by atoms with van der Waals surface area (Å²) in [6, 6.07) is 0. The average Bonchev–Trinajstić information content (AvgIpc) is 2.31. The Hall–Kier alpha value is -1.44. The molecule has 0 N–H and O–H groups in total. The molecule has 0 spiro atoms. The van der Waals surface area contributed by atoms with Gasteiger partial charge in [0.15, 0.2) is 0 Å². The zero-order valence-electron chi connectivity index (χ0n) is 9.03. The molecule has 0 aromatic rings. The van der Waals surface area contributed by atoms with Crippen LogP contribution in [0.5, 0.6) is 0 Å². The van der Waals surface area contributed by atoms with E-state index in [1.165, 1.54) is 0 Å². The second-order valence-electron chi connectivity index (χ2n) is 3.66. The molecule has 0 fully saturated rings. The molecule has 0 atom stereocenters. The van der Waals surface area contributed by atoms with Gasteiger partial charge in [0.1, 0.15) is 11.5 Å². The van der Waals surface area contributed by atoms with Gasteiger partial charge in [0.2, 0.25) is 0 Å². The number of allylic oxidation sites excluding steroid dienone is 7. The summed E-state index contributed by atoms with van der Waals surface area (Å²) in [4.78, 5) is 0. The van der Waals surface area contributed by atoms with Crippen LogP contribution in [0.2, 0.25) is 0 Å². The van der Waals surface area contributed by atoms with Crippen molar-refractivity contribution in [3.63, 3.8) is 0 Å². The smallest absolute Gasteiger partial charge is 0.122 e. The van der Waals surface area contributed by atoms with Crippen LogP contribution in [-0.4, -0.2) is 7.11 Å². The largest absolute Gasteiger partial charge is 0.501 e. The minimum atomic E-state index is 0.921. The van der Waals surface area contributed by atoms with Crippen LogP contribution in [0.25, 0.3) is 0 Å². The number of ether oxygens (including phenoxy) is 2. The van der Waals surface area contributed by atoms with Gasteiger partial charge in [-0.25, -0.2) is 0 Å². The highest BCUT2D eigenvalue weighted by Gasteiger charge is 2.09. The van der Waals surface area contributed by atoms with Crippen molar-refractivity contribution >= 4 is 0 Å². The summed E-state index contributed by atoms with van der Waals surface area (Å²) in [6.45, 7) is 0. The van der Waals surface area contributed by atoms with Gasteiger partial charge in [-0.3, -0.25) is 0 Å². The van der Waals surface area contributed by atoms with Crippen LogP contribution in [0.3, 0.4) is 0 Å². The minimum absolute atomic E-state index is 0.921. The maximum Gasteiger partial charge on any atom is 0.122 e. The van der Waals surface area contributed by atoms with Crippen molar-refractivity contribution in [3.8, 4) is 0 Å². The van der Waals surface area contributed by atoms with Gasteiger partial charge in [0.25, 0.3) is 0 Å². The molecular formula is C13H16O2. The van der Waals surface area contributed by atoms with Crippen molar-refractivity contribution < 1.29 is 9.47 Å². The first-order chi connectivity index (χ1) is 7.38. The quantitative estimate of drug-likeness (QED) is 0.701. The molecule has 2 rings (SSSR count). The van der Waals surface area contributed by atoms with Gasteiger partial charge in [-0.15, -0.1) is 0 Å². The van der Waals surface area contributed by atoms with E-state index in [1.54, 1.807) is 7.11 Å². The molecule has 0 saturated heterocycles. The molecule has 0 unspecified atom stereocenters. The second kappa shape index (κ2) is 4.87. The highest BCUT2D eigenvalue weighted by molar-refractivity contribution is 5.22. The molecule has 15 heavy (non-hydrogen) atoms. The SMILES string of the molecule is COC1=CC=C(OC2=CCCC=C2)CC1. The van der Waals surface area contributed by atoms with Crippen LogP contribution in [0.4, 0.5) is 0 Å². The summed E-state index contributed by atoms with van der Waals surface area (Å²) in [7, 11) is 1.71. The van der Waals surface area contributed by atoms with Crippen molar-refractivity contribution in [1.29, 1.82) is 0 Å². The Labute approximate surface area is 90.6 Å². The third kappa shape index (κ3) is 2.75. The van der Waals surface area contributed by atoms with E-state index >= 15 is 0 Å². The van der Waals surface area contributed by atoms with E-state index in [1.807, 2.05) is 18.2 Å². The van der Waals surface area contributed by atoms with E-state index in [0.717, 1.165) is 43.0 Å². The summed E-state index contributed by atoms with van der Waals surface area (Å²) in [6.07, 6.45) is 14.4. The number of hydrogen-bond donors (Lipinski definition) is 0. The van der Waals surface area contributed by atoms with E-state index < -0.39 is 0 Å². The third-order valence-corrected chi connectivity index (χ3v) is 2.55. The molecule has 80 valence electrons. The van der Waals surface area contributed by atoms with Gasteiger partial charge in [0.05, 0.1) is 12.9 Å². The Balaban J connectivity index is 1.96. The zero-order chi connectivity index (χ0) is 10.5. The van der Waals surface area contributed by atoms with Crippen LogP contribution in [0.15, 0.2) is 47.7 Å². The van der Waals surface area contributed by atoms with E-state index in [0.29, 0.717) is 0 Å². The molecular weight excluding hydrogens is 188 g/mol. The minimum Gasteiger partial charge on any atom is -0.501 e. The average molecular weight is 204 g/mol. The van der Waals surface area contributed by atoms with Crippen LogP contribution in [-0.2, 0) is 9.47 Å². The van der Waals surface area contributed by atoms with Gasteiger partial charge >= 0.3 is 0 Å². The summed E-state index contributed by atoms with van der Waals surface area (Å²) >= 11 is 0.